The van der Waals surface area contributed by atoms with Crippen molar-refractivity contribution in [2.75, 3.05) is 5.43 Å². The lowest BCUT2D eigenvalue weighted by atomic mass is 10.4. The quantitative estimate of drug-likeness (QED) is 0.531. The number of halogens is 1. The third kappa shape index (κ3) is 3.34. The number of thiophene rings is 1. The van der Waals surface area contributed by atoms with Gasteiger partial charge in [-0.3, -0.25) is 15.5 Å². The molecule has 0 aliphatic carbocycles. The van der Waals surface area contributed by atoms with Crippen molar-refractivity contribution >= 4 is 45.0 Å². The third-order valence-corrected chi connectivity index (χ3v) is 3.48. The Balaban J connectivity index is 1.98. The standard InChI is InChI=1S/C10H7BrN4O2S/c11-9-3-2-8(18-9)6-13-14-10-4-1-7(5-12-10)15(16)17/h1-6H,(H,12,14)/b13-6-. The van der Waals surface area contributed by atoms with Crippen LogP contribution in [0.5, 0.6) is 0 Å². The van der Waals surface area contributed by atoms with Crippen molar-refractivity contribution in [1.29, 1.82) is 0 Å². The molecule has 0 radical (unpaired) electrons. The Kier molecular flexibility index (Phi) is 4.00. The molecule has 0 saturated carbocycles. The molecule has 6 nitrogen and oxygen atoms in total. The maximum absolute atomic E-state index is 10.4. The van der Waals surface area contributed by atoms with E-state index in [4.69, 9.17) is 0 Å². The van der Waals surface area contributed by atoms with Crippen LogP contribution in [0.3, 0.4) is 0 Å². The molecule has 2 aromatic heterocycles. The highest BCUT2D eigenvalue weighted by Gasteiger charge is 2.04. The minimum absolute atomic E-state index is 0.0493. The second kappa shape index (κ2) is 5.69. The van der Waals surface area contributed by atoms with Gasteiger partial charge in [0.1, 0.15) is 12.0 Å². The predicted octanol–water partition coefficient (Wildman–Crippen LogP) is 3.26. The number of hydrazone groups is 1. The van der Waals surface area contributed by atoms with E-state index in [2.05, 4.69) is 31.4 Å². The van der Waals surface area contributed by atoms with E-state index in [1.165, 1.54) is 18.3 Å². The minimum Gasteiger partial charge on any atom is -0.261 e. The van der Waals surface area contributed by atoms with Crippen molar-refractivity contribution in [3.05, 3.63) is 49.2 Å². The van der Waals surface area contributed by atoms with Gasteiger partial charge in [-0.2, -0.15) is 5.10 Å². The number of rotatable bonds is 4. The molecule has 0 atom stereocenters. The van der Waals surface area contributed by atoms with Crippen LogP contribution >= 0.6 is 27.3 Å². The molecule has 18 heavy (non-hydrogen) atoms. The molecule has 8 heteroatoms. The second-order valence-electron chi connectivity index (χ2n) is 3.17. The third-order valence-electron chi connectivity index (χ3n) is 1.92. The van der Waals surface area contributed by atoms with Gasteiger partial charge in [-0.15, -0.1) is 11.3 Å². The van der Waals surface area contributed by atoms with Gasteiger partial charge in [-0.25, -0.2) is 4.98 Å². The van der Waals surface area contributed by atoms with E-state index in [0.717, 1.165) is 8.66 Å². The van der Waals surface area contributed by atoms with Crippen molar-refractivity contribution in [1.82, 2.24) is 4.98 Å². The average Bonchev–Trinajstić information content (AvgIpc) is 2.76. The first-order chi connectivity index (χ1) is 8.65. The van der Waals surface area contributed by atoms with Crippen LogP contribution in [0.25, 0.3) is 0 Å². The van der Waals surface area contributed by atoms with Gasteiger partial charge in [0.15, 0.2) is 0 Å². The Hall–Kier alpha value is -1.80. The summed E-state index contributed by atoms with van der Waals surface area (Å²) in [5.41, 5.74) is 2.65. The van der Waals surface area contributed by atoms with Gasteiger partial charge in [0.25, 0.3) is 5.69 Å². The summed E-state index contributed by atoms with van der Waals surface area (Å²) in [5, 5.41) is 14.4. The van der Waals surface area contributed by atoms with E-state index in [1.807, 2.05) is 12.1 Å². The van der Waals surface area contributed by atoms with Gasteiger partial charge in [0.05, 0.1) is 14.9 Å². The van der Waals surface area contributed by atoms with Gasteiger partial charge in [0.2, 0.25) is 0 Å². The summed E-state index contributed by atoms with van der Waals surface area (Å²) in [4.78, 5) is 14.8. The van der Waals surface area contributed by atoms with Crippen molar-refractivity contribution < 1.29 is 4.92 Å². The topological polar surface area (TPSA) is 80.4 Å². The van der Waals surface area contributed by atoms with Crippen LogP contribution in [-0.2, 0) is 0 Å². The Morgan fingerprint density at radius 1 is 1.44 bits per heavy atom. The molecule has 1 N–H and O–H groups in total. The average molecular weight is 327 g/mol. The minimum atomic E-state index is -0.497. The van der Waals surface area contributed by atoms with Crippen molar-refractivity contribution in [2.24, 2.45) is 5.10 Å². The zero-order valence-electron chi connectivity index (χ0n) is 8.91. The molecule has 0 aromatic carbocycles. The highest BCUT2D eigenvalue weighted by atomic mass is 79.9. The lowest BCUT2D eigenvalue weighted by Gasteiger charge is -1.97. The number of pyridine rings is 1. The highest BCUT2D eigenvalue weighted by Crippen LogP contribution is 2.20. The number of aromatic nitrogens is 1. The molecular weight excluding hydrogens is 320 g/mol. The first kappa shape index (κ1) is 12.7. The molecule has 92 valence electrons. The summed E-state index contributed by atoms with van der Waals surface area (Å²) in [7, 11) is 0. The summed E-state index contributed by atoms with van der Waals surface area (Å²) in [5.74, 6) is 0.451. The Labute approximate surface area is 115 Å². The monoisotopic (exact) mass is 326 g/mol. The van der Waals surface area contributed by atoms with E-state index in [1.54, 1.807) is 17.6 Å². The molecule has 0 amide bonds. The lowest BCUT2D eigenvalue weighted by molar-refractivity contribution is -0.385. The van der Waals surface area contributed by atoms with Crippen LogP contribution in [0, 0.1) is 10.1 Å². The van der Waals surface area contributed by atoms with Gasteiger partial charge < -0.3 is 0 Å². The Morgan fingerprint density at radius 2 is 2.28 bits per heavy atom. The SMILES string of the molecule is O=[N+]([O-])c1ccc(N/N=C\c2ccc(Br)s2)nc1. The van der Waals surface area contributed by atoms with Gasteiger partial charge in [-0.1, -0.05) is 0 Å². The highest BCUT2D eigenvalue weighted by molar-refractivity contribution is 9.11. The van der Waals surface area contributed by atoms with Crippen LogP contribution in [0.15, 0.2) is 39.4 Å². The zero-order chi connectivity index (χ0) is 13.0. The fourth-order valence-corrected chi connectivity index (χ4v) is 2.42. The van der Waals surface area contributed by atoms with Gasteiger partial charge in [0, 0.05) is 10.9 Å². The smallest absolute Gasteiger partial charge is 0.261 e. The summed E-state index contributed by atoms with van der Waals surface area (Å²) in [6.45, 7) is 0. The molecule has 0 aliphatic rings. The number of nitrogens with one attached hydrogen (secondary N) is 1. The Morgan fingerprint density at radius 3 is 2.83 bits per heavy atom. The number of hydrogen-bond acceptors (Lipinski definition) is 6. The molecule has 0 saturated heterocycles. The summed E-state index contributed by atoms with van der Waals surface area (Å²) >= 11 is 4.90. The summed E-state index contributed by atoms with van der Waals surface area (Å²) < 4.78 is 1.03. The number of hydrogen-bond donors (Lipinski definition) is 1. The van der Waals surface area contributed by atoms with E-state index < -0.39 is 4.92 Å². The van der Waals surface area contributed by atoms with E-state index in [0.29, 0.717) is 5.82 Å². The van der Waals surface area contributed by atoms with Gasteiger partial charge >= 0.3 is 0 Å². The molecule has 2 heterocycles. The van der Waals surface area contributed by atoms with E-state index in [-0.39, 0.29) is 5.69 Å². The summed E-state index contributed by atoms with van der Waals surface area (Å²) in [6.07, 6.45) is 2.83. The largest absolute Gasteiger partial charge is 0.287 e. The predicted molar refractivity (Wildman–Crippen MR) is 74.1 cm³/mol. The van der Waals surface area contributed by atoms with Crippen molar-refractivity contribution in [3.8, 4) is 0 Å². The number of anilines is 1. The van der Waals surface area contributed by atoms with Gasteiger partial charge in [-0.05, 0) is 34.1 Å². The Bertz CT molecular complexity index is 582. The second-order valence-corrected chi connectivity index (χ2v) is 5.67. The molecule has 0 spiro atoms. The van der Waals surface area contributed by atoms with Crippen molar-refractivity contribution in [2.45, 2.75) is 0 Å². The first-order valence-electron chi connectivity index (χ1n) is 4.80. The summed E-state index contributed by atoms with van der Waals surface area (Å²) in [6, 6.07) is 6.71. The normalized spacial score (nSPS) is 10.7. The molecule has 0 aliphatic heterocycles. The van der Waals surface area contributed by atoms with Crippen LogP contribution in [0.2, 0.25) is 0 Å². The van der Waals surface area contributed by atoms with Crippen molar-refractivity contribution in [3.63, 3.8) is 0 Å². The molecule has 0 bridgehead atoms. The molecule has 2 aromatic rings. The maximum atomic E-state index is 10.4. The molecular formula is C10H7BrN4O2S. The molecule has 0 unspecified atom stereocenters. The lowest BCUT2D eigenvalue weighted by Crippen LogP contribution is -1.94. The van der Waals surface area contributed by atoms with Crippen LogP contribution in [-0.4, -0.2) is 16.1 Å². The zero-order valence-corrected chi connectivity index (χ0v) is 11.3. The molecule has 0 fully saturated rings. The maximum Gasteiger partial charge on any atom is 0.287 e. The van der Waals surface area contributed by atoms with E-state index >= 15 is 0 Å². The number of nitro groups is 1. The van der Waals surface area contributed by atoms with E-state index in [9.17, 15) is 10.1 Å². The first-order valence-corrected chi connectivity index (χ1v) is 6.41. The van der Waals surface area contributed by atoms with Crippen LogP contribution in [0.4, 0.5) is 11.5 Å². The fraction of sp³-hybridized carbons (Fsp3) is 0. The fourth-order valence-electron chi connectivity index (χ4n) is 1.12. The van der Waals surface area contributed by atoms with Crippen LogP contribution in [0.1, 0.15) is 4.88 Å². The molecule has 2 rings (SSSR count). The van der Waals surface area contributed by atoms with Crippen LogP contribution < -0.4 is 5.43 Å². The number of nitrogens with zero attached hydrogens (tertiary/aromatic N) is 3.